The molecule has 0 spiro atoms. The van der Waals surface area contributed by atoms with Gasteiger partial charge in [0, 0.05) is 26.1 Å². The van der Waals surface area contributed by atoms with Crippen LogP contribution < -0.4 is 5.32 Å². The number of aromatic nitrogens is 4. The molecule has 0 saturated carbocycles. The molecular weight excluding hydrogens is 262 g/mol. The highest BCUT2D eigenvalue weighted by molar-refractivity contribution is 5.78. The van der Waals surface area contributed by atoms with Crippen LogP contribution in [0.5, 0.6) is 0 Å². The molecule has 0 bridgehead atoms. The van der Waals surface area contributed by atoms with E-state index >= 15 is 0 Å². The molecule has 2 rings (SSSR count). The number of carbonyl (C=O) groups is 1. The van der Waals surface area contributed by atoms with Crippen LogP contribution in [0.25, 0.3) is 5.65 Å². The Morgan fingerprint density at radius 1 is 1.55 bits per heavy atom. The van der Waals surface area contributed by atoms with Crippen LogP contribution in [0, 0.1) is 6.92 Å². The minimum Gasteiger partial charge on any atom is -0.480 e. The molecule has 2 aromatic heterocycles. The summed E-state index contributed by atoms with van der Waals surface area (Å²) in [6.45, 7) is 2.34. The highest BCUT2D eigenvalue weighted by Crippen LogP contribution is 2.14. The number of fused-ring (bicyclic) bond motifs is 1. The lowest BCUT2D eigenvalue weighted by Gasteiger charge is -2.14. The summed E-state index contributed by atoms with van der Waals surface area (Å²) in [6.07, 6.45) is 4.41. The summed E-state index contributed by atoms with van der Waals surface area (Å²) in [7, 11) is 1.59. The van der Waals surface area contributed by atoms with E-state index in [2.05, 4.69) is 20.5 Å². The van der Waals surface area contributed by atoms with Crippen molar-refractivity contribution in [3.63, 3.8) is 0 Å². The molecule has 108 valence electrons. The number of ether oxygens (including phenoxy) is 1. The van der Waals surface area contributed by atoms with Crippen LogP contribution in [0.1, 0.15) is 18.7 Å². The van der Waals surface area contributed by atoms with E-state index in [1.807, 2.05) is 6.92 Å². The number of hydrogen-bond donors (Lipinski definition) is 2. The van der Waals surface area contributed by atoms with Crippen molar-refractivity contribution < 1.29 is 14.6 Å². The lowest BCUT2D eigenvalue weighted by Crippen LogP contribution is -2.30. The highest BCUT2D eigenvalue weighted by atomic mass is 16.5. The van der Waals surface area contributed by atoms with E-state index in [-0.39, 0.29) is 0 Å². The largest absolute Gasteiger partial charge is 0.480 e. The summed E-state index contributed by atoms with van der Waals surface area (Å²) in [5, 5.41) is 20.1. The first-order valence-corrected chi connectivity index (χ1v) is 6.28. The zero-order chi connectivity index (χ0) is 14.5. The molecule has 0 aromatic carbocycles. The van der Waals surface area contributed by atoms with Crippen molar-refractivity contribution in [3.8, 4) is 0 Å². The number of carboxylic acid groups (broad SMARTS) is 1. The molecule has 1 unspecified atom stereocenters. The first-order valence-electron chi connectivity index (χ1n) is 6.28. The molecule has 0 aliphatic carbocycles. The smallest absolute Gasteiger partial charge is 0.326 e. The summed E-state index contributed by atoms with van der Waals surface area (Å²) < 4.78 is 6.69. The highest BCUT2D eigenvalue weighted by Gasteiger charge is 2.19. The number of aryl methyl sites for hydroxylation is 1. The number of anilines is 1. The quantitative estimate of drug-likeness (QED) is 0.720. The monoisotopic (exact) mass is 279 g/mol. The first kappa shape index (κ1) is 14.2. The van der Waals surface area contributed by atoms with Gasteiger partial charge in [0.2, 0.25) is 5.65 Å². The Morgan fingerprint density at radius 3 is 3.05 bits per heavy atom. The van der Waals surface area contributed by atoms with Gasteiger partial charge in [0.05, 0.1) is 0 Å². The summed E-state index contributed by atoms with van der Waals surface area (Å²) in [5.74, 6) is 0.204. The lowest BCUT2D eigenvalue weighted by molar-refractivity contribution is -0.138. The van der Waals surface area contributed by atoms with Gasteiger partial charge in [-0.3, -0.25) is 4.40 Å². The summed E-state index contributed by atoms with van der Waals surface area (Å²) in [5.41, 5.74) is 0.517. The molecule has 0 radical (unpaired) electrons. The summed E-state index contributed by atoms with van der Waals surface area (Å²) in [4.78, 5) is 15.4. The predicted molar refractivity (Wildman–Crippen MR) is 71.7 cm³/mol. The Bertz CT molecular complexity index is 598. The predicted octanol–water partition coefficient (Wildman–Crippen LogP) is 0.724. The zero-order valence-corrected chi connectivity index (χ0v) is 11.4. The van der Waals surface area contributed by atoms with Gasteiger partial charge in [0.25, 0.3) is 0 Å². The molecule has 0 saturated heterocycles. The van der Waals surface area contributed by atoms with Gasteiger partial charge >= 0.3 is 5.97 Å². The molecule has 0 aliphatic heterocycles. The standard InChI is InChI=1S/C12H17N5O3/c1-8-15-16-11-10(13-5-6-17(8)11)14-9(12(18)19)4-3-7-20-2/h5-6,9H,3-4,7H2,1-2H3,(H,13,14)(H,18,19). The second kappa shape index (κ2) is 6.29. The van der Waals surface area contributed by atoms with E-state index in [0.717, 1.165) is 5.82 Å². The van der Waals surface area contributed by atoms with Crippen LogP contribution in [0.15, 0.2) is 12.4 Å². The van der Waals surface area contributed by atoms with E-state index in [1.54, 1.807) is 23.9 Å². The Morgan fingerprint density at radius 2 is 2.35 bits per heavy atom. The van der Waals surface area contributed by atoms with Crippen molar-refractivity contribution in [1.82, 2.24) is 19.6 Å². The Hall–Kier alpha value is -2.22. The molecule has 2 N–H and O–H groups in total. The summed E-state index contributed by atoms with van der Waals surface area (Å²) >= 11 is 0. The van der Waals surface area contributed by atoms with Crippen molar-refractivity contribution >= 4 is 17.4 Å². The molecule has 0 amide bonds. The fourth-order valence-electron chi connectivity index (χ4n) is 1.90. The molecule has 1 atom stereocenters. The topological polar surface area (TPSA) is 102 Å². The van der Waals surface area contributed by atoms with Crippen LogP contribution in [0.4, 0.5) is 5.82 Å². The van der Waals surface area contributed by atoms with Crippen LogP contribution in [0.2, 0.25) is 0 Å². The lowest BCUT2D eigenvalue weighted by atomic mass is 10.1. The van der Waals surface area contributed by atoms with Gasteiger partial charge in [0.1, 0.15) is 11.9 Å². The number of methoxy groups -OCH3 is 1. The van der Waals surface area contributed by atoms with Crippen molar-refractivity contribution in [2.24, 2.45) is 0 Å². The normalized spacial score (nSPS) is 12.5. The number of rotatable bonds is 7. The van der Waals surface area contributed by atoms with Gasteiger partial charge in [-0.15, -0.1) is 10.2 Å². The molecule has 0 fully saturated rings. The third-order valence-corrected chi connectivity index (χ3v) is 2.95. The SMILES string of the molecule is COCCCC(Nc1nccn2c(C)nnc12)C(=O)O. The number of hydrogen-bond acceptors (Lipinski definition) is 6. The fraction of sp³-hybridized carbons (Fsp3) is 0.500. The van der Waals surface area contributed by atoms with Gasteiger partial charge in [-0.25, -0.2) is 9.78 Å². The van der Waals surface area contributed by atoms with Crippen molar-refractivity contribution in [2.75, 3.05) is 19.0 Å². The Labute approximate surface area is 115 Å². The van der Waals surface area contributed by atoms with Gasteiger partial charge in [-0.1, -0.05) is 0 Å². The van der Waals surface area contributed by atoms with Gasteiger partial charge < -0.3 is 15.2 Å². The van der Waals surface area contributed by atoms with E-state index in [0.29, 0.717) is 30.9 Å². The second-order valence-corrected chi connectivity index (χ2v) is 4.39. The van der Waals surface area contributed by atoms with Crippen LogP contribution in [-0.2, 0) is 9.53 Å². The maximum atomic E-state index is 11.3. The van der Waals surface area contributed by atoms with Gasteiger partial charge in [-0.05, 0) is 19.8 Å². The van der Waals surface area contributed by atoms with E-state index < -0.39 is 12.0 Å². The Balaban J connectivity index is 2.18. The third-order valence-electron chi connectivity index (χ3n) is 2.95. The van der Waals surface area contributed by atoms with Crippen LogP contribution in [-0.4, -0.2) is 50.4 Å². The molecule has 0 aliphatic rings. The molecule has 8 heteroatoms. The van der Waals surface area contributed by atoms with Crippen molar-refractivity contribution in [3.05, 3.63) is 18.2 Å². The minimum atomic E-state index is -0.929. The maximum Gasteiger partial charge on any atom is 0.326 e. The second-order valence-electron chi connectivity index (χ2n) is 4.39. The number of carboxylic acids is 1. The van der Waals surface area contributed by atoms with Crippen molar-refractivity contribution in [1.29, 1.82) is 0 Å². The van der Waals surface area contributed by atoms with E-state index in [9.17, 15) is 9.90 Å². The molecule has 2 heterocycles. The zero-order valence-electron chi connectivity index (χ0n) is 11.4. The third kappa shape index (κ3) is 3.02. The Kier molecular flexibility index (Phi) is 4.46. The minimum absolute atomic E-state index is 0.415. The van der Waals surface area contributed by atoms with Gasteiger partial charge in [-0.2, -0.15) is 0 Å². The van der Waals surface area contributed by atoms with E-state index in [4.69, 9.17) is 4.74 Å². The maximum absolute atomic E-state index is 11.3. The first-order chi connectivity index (χ1) is 9.63. The molecule has 2 aromatic rings. The average Bonchev–Trinajstić information content (AvgIpc) is 2.80. The van der Waals surface area contributed by atoms with Crippen molar-refractivity contribution in [2.45, 2.75) is 25.8 Å². The summed E-state index contributed by atoms with van der Waals surface area (Å²) in [6, 6.07) is -0.735. The van der Waals surface area contributed by atoms with Crippen LogP contribution in [0.3, 0.4) is 0 Å². The van der Waals surface area contributed by atoms with Crippen LogP contribution >= 0.6 is 0 Å². The molecule has 8 nitrogen and oxygen atoms in total. The van der Waals surface area contributed by atoms with E-state index in [1.165, 1.54) is 0 Å². The van der Waals surface area contributed by atoms with Gasteiger partial charge in [0.15, 0.2) is 5.82 Å². The molecular formula is C12H17N5O3. The average molecular weight is 279 g/mol. The number of aliphatic carboxylic acids is 1. The number of nitrogens with zero attached hydrogens (tertiary/aromatic N) is 4. The molecule has 20 heavy (non-hydrogen) atoms. The fourth-order valence-corrected chi connectivity index (χ4v) is 1.90. The number of nitrogens with one attached hydrogen (secondary N) is 1.